The minimum Gasteiger partial charge on any atom is -0.382 e. The number of anilines is 2. The lowest BCUT2D eigenvalue weighted by atomic mass is 9.83. The molecule has 1 saturated heterocycles. The van der Waals surface area contributed by atoms with Gasteiger partial charge in [-0.25, -0.2) is 0 Å². The highest BCUT2D eigenvalue weighted by Gasteiger charge is 2.40. The molecule has 0 aromatic heterocycles. The van der Waals surface area contributed by atoms with Gasteiger partial charge in [-0.3, -0.25) is 9.59 Å². The summed E-state index contributed by atoms with van der Waals surface area (Å²) in [6.45, 7) is 2.48. The molecule has 2 amide bonds. The van der Waals surface area contributed by atoms with Gasteiger partial charge < -0.3 is 15.5 Å². The third-order valence-electron chi connectivity index (χ3n) is 7.75. The van der Waals surface area contributed by atoms with Crippen molar-refractivity contribution < 1.29 is 9.59 Å². The zero-order valence-electron chi connectivity index (χ0n) is 21.6. The van der Waals surface area contributed by atoms with Crippen LogP contribution in [0.2, 0.25) is 10.0 Å². The van der Waals surface area contributed by atoms with E-state index in [0.29, 0.717) is 40.3 Å². The summed E-state index contributed by atoms with van der Waals surface area (Å²) in [7, 11) is 0. The van der Waals surface area contributed by atoms with Crippen LogP contribution in [-0.4, -0.2) is 29.3 Å². The molecule has 1 heterocycles. The summed E-state index contributed by atoms with van der Waals surface area (Å²) >= 11 is 12.7. The Balaban J connectivity index is 1.45. The maximum atomic E-state index is 13.8. The van der Waals surface area contributed by atoms with Crippen LogP contribution >= 0.6 is 23.2 Å². The zero-order chi connectivity index (χ0) is 26.6. The maximum Gasteiger partial charge on any atom is 0.255 e. The first-order valence-corrected chi connectivity index (χ1v) is 14.2. The Labute approximate surface area is 234 Å². The molecule has 0 bridgehead atoms. The Bertz CT molecular complexity index is 1300. The number of rotatable bonds is 6. The van der Waals surface area contributed by atoms with E-state index >= 15 is 0 Å². The van der Waals surface area contributed by atoms with E-state index in [1.807, 2.05) is 48.2 Å². The number of carbonyl (C=O) groups is 2. The van der Waals surface area contributed by atoms with Gasteiger partial charge in [-0.05, 0) is 80.1 Å². The average molecular weight is 551 g/mol. The van der Waals surface area contributed by atoms with Crippen LogP contribution in [0, 0.1) is 12.8 Å². The Morgan fingerprint density at radius 3 is 2.26 bits per heavy atom. The second kappa shape index (κ2) is 11.8. The summed E-state index contributed by atoms with van der Waals surface area (Å²) < 4.78 is 0. The Hall–Kier alpha value is -3.02. The van der Waals surface area contributed by atoms with Crippen molar-refractivity contribution in [3.8, 4) is 0 Å². The zero-order valence-corrected chi connectivity index (χ0v) is 23.1. The second-order valence-electron chi connectivity index (χ2n) is 10.4. The summed E-state index contributed by atoms with van der Waals surface area (Å²) in [6.07, 6.45) is 6.30. The molecule has 3 aromatic carbocycles. The predicted molar refractivity (Wildman–Crippen MR) is 155 cm³/mol. The first-order valence-electron chi connectivity index (χ1n) is 13.4. The van der Waals surface area contributed by atoms with E-state index in [2.05, 4.69) is 22.8 Å². The summed E-state index contributed by atoms with van der Waals surface area (Å²) in [5.74, 6) is -0.715. The van der Waals surface area contributed by atoms with Crippen LogP contribution in [0.25, 0.3) is 0 Å². The van der Waals surface area contributed by atoms with Gasteiger partial charge in [0.05, 0.1) is 22.5 Å². The standard InChI is InChI=1S/C31H33Cl2N3O2/c1-20-12-15-24(19-28(20)33)35-30(37)26-10-6-18-36(31(38)25-9-4-5-11-27(25)32)29(26)21-13-16-23(17-14-21)34-22-7-2-3-8-22/h4-5,9,11-17,19,22,26,29,34H,2-3,6-8,10,18H2,1H3,(H,35,37). The van der Waals surface area contributed by atoms with Crippen molar-refractivity contribution in [1.29, 1.82) is 0 Å². The van der Waals surface area contributed by atoms with Crippen LogP contribution in [0.4, 0.5) is 11.4 Å². The van der Waals surface area contributed by atoms with Gasteiger partial charge in [0.1, 0.15) is 0 Å². The number of piperidine rings is 1. The fourth-order valence-corrected chi connectivity index (χ4v) is 6.08. The number of hydrogen-bond acceptors (Lipinski definition) is 3. The van der Waals surface area contributed by atoms with Gasteiger partial charge in [0.25, 0.3) is 5.91 Å². The molecule has 198 valence electrons. The molecule has 0 radical (unpaired) electrons. The maximum absolute atomic E-state index is 13.8. The molecule has 2 aliphatic rings. The molecule has 5 rings (SSSR count). The lowest BCUT2D eigenvalue weighted by molar-refractivity contribution is -0.123. The van der Waals surface area contributed by atoms with Gasteiger partial charge in [0.15, 0.2) is 0 Å². The van der Waals surface area contributed by atoms with E-state index in [-0.39, 0.29) is 11.8 Å². The van der Waals surface area contributed by atoms with Gasteiger partial charge in [-0.15, -0.1) is 0 Å². The van der Waals surface area contributed by atoms with Gasteiger partial charge in [-0.2, -0.15) is 0 Å². The summed E-state index contributed by atoms with van der Waals surface area (Å²) in [5.41, 5.74) is 4.04. The number of carbonyl (C=O) groups excluding carboxylic acids is 2. The van der Waals surface area contributed by atoms with Crippen molar-refractivity contribution in [2.24, 2.45) is 5.92 Å². The van der Waals surface area contributed by atoms with Crippen molar-refractivity contribution in [2.45, 2.75) is 57.5 Å². The van der Waals surface area contributed by atoms with Crippen LogP contribution in [-0.2, 0) is 4.79 Å². The Kier molecular flexibility index (Phi) is 8.25. The van der Waals surface area contributed by atoms with E-state index in [9.17, 15) is 9.59 Å². The number of nitrogens with zero attached hydrogens (tertiary/aromatic N) is 1. The fourth-order valence-electron chi connectivity index (χ4n) is 5.69. The van der Waals surface area contributed by atoms with Gasteiger partial charge in [0, 0.05) is 29.0 Å². The van der Waals surface area contributed by atoms with Crippen molar-refractivity contribution >= 4 is 46.4 Å². The van der Waals surface area contributed by atoms with E-state index in [0.717, 1.165) is 23.2 Å². The molecular weight excluding hydrogens is 517 g/mol. The van der Waals surface area contributed by atoms with Crippen LogP contribution in [0.1, 0.15) is 66.1 Å². The van der Waals surface area contributed by atoms with Crippen molar-refractivity contribution in [2.75, 3.05) is 17.2 Å². The minimum absolute atomic E-state index is 0.125. The molecule has 2 unspecified atom stereocenters. The van der Waals surface area contributed by atoms with Crippen molar-refractivity contribution in [1.82, 2.24) is 4.90 Å². The highest BCUT2D eigenvalue weighted by atomic mass is 35.5. The molecule has 5 nitrogen and oxygen atoms in total. The number of likely N-dealkylation sites (tertiary alicyclic amines) is 1. The number of amides is 2. The molecule has 7 heteroatoms. The first-order chi connectivity index (χ1) is 18.4. The van der Waals surface area contributed by atoms with Crippen molar-refractivity contribution in [3.63, 3.8) is 0 Å². The highest BCUT2D eigenvalue weighted by Crippen LogP contribution is 2.39. The molecule has 1 aliphatic heterocycles. The molecule has 1 aliphatic carbocycles. The largest absolute Gasteiger partial charge is 0.382 e. The number of aryl methyl sites for hydroxylation is 1. The molecule has 2 atom stereocenters. The van der Waals surface area contributed by atoms with Crippen molar-refractivity contribution in [3.05, 3.63) is 93.5 Å². The predicted octanol–water partition coefficient (Wildman–Crippen LogP) is 7.89. The second-order valence-corrected chi connectivity index (χ2v) is 11.2. The normalized spacial score (nSPS) is 19.8. The highest BCUT2D eigenvalue weighted by molar-refractivity contribution is 6.33. The third-order valence-corrected chi connectivity index (χ3v) is 8.49. The SMILES string of the molecule is Cc1ccc(NC(=O)C2CCCN(C(=O)c3ccccc3Cl)C2c2ccc(NC3CCCC3)cc2)cc1Cl. The molecule has 2 fully saturated rings. The quantitative estimate of drug-likeness (QED) is 0.328. The number of benzene rings is 3. The third kappa shape index (κ3) is 5.84. The molecule has 0 spiro atoms. The van der Waals surface area contributed by atoms with Gasteiger partial charge in [0.2, 0.25) is 5.91 Å². The lowest BCUT2D eigenvalue weighted by Crippen LogP contribution is -2.46. The van der Waals surface area contributed by atoms with Crippen LogP contribution in [0.5, 0.6) is 0 Å². The number of hydrogen-bond donors (Lipinski definition) is 2. The molecule has 38 heavy (non-hydrogen) atoms. The topological polar surface area (TPSA) is 61.4 Å². The van der Waals surface area contributed by atoms with E-state index in [4.69, 9.17) is 23.2 Å². The summed E-state index contributed by atoms with van der Waals surface area (Å²) in [6, 6.07) is 20.9. The smallest absolute Gasteiger partial charge is 0.255 e. The summed E-state index contributed by atoms with van der Waals surface area (Å²) in [4.78, 5) is 29.3. The Morgan fingerprint density at radius 1 is 0.842 bits per heavy atom. The van der Waals surface area contributed by atoms with E-state index in [1.165, 1.54) is 25.7 Å². The lowest BCUT2D eigenvalue weighted by Gasteiger charge is -2.41. The summed E-state index contributed by atoms with van der Waals surface area (Å²) in [5, 5.41) is 7.69. The minimum atomic E-state index is -0.427. The monoisotopic (exact) mass is 549 g/mol. The first kappa shape index (κ1) is 26.6. The molecule has 3 aromatic rings. The molecule has 2 N–H and O–H groups in total. The van der Waals surface area contributed by atoms with Crippen LogP contribution < -0.4 is 10.6 Å². The fraction of sp³-hybridized carbons (Fsp3) is 0.355. The number of nitrogens with one attached hydrogen (secondary N) is 2. The van der Waals surface area contributed by atoms with Crippen LogP contribution in [0.15, 0.2) is 66.7 Å². The van der Waals surface area contributed by atoms with Gasteiger partial charge in [-0.1, -0.05) is 66.4 Å². The average Bonchev–Trinajstić information content (AvgIpc) is 3.44. The van der Waals surface area contributed by atoms with Gasteiger partial charge >= 0.3 is 0 Å². The Morgan fingerprint density at radius 2 is 1.55 bits per heavy atom. The molecule has 1 saturated carbocycles. The van der Waals surface area contributed by atoms with Crippen LogP contribution in [0.3, 0.4) is 0 Å². The van der Waals surface area contributed by atoms with E-state index < -0.39 is 12.0 Å². The van der Waals surface area contributed by atoms with E-state index in [1.54, 1.807) is 18.2 Å². The molecular formula is C31H33Cl2N3O2. The number of halogens is 2.